The Kier molecular flexibility index (Phi) is 41.5. The predicted molar refractivity (Wildman–Crippen MR) is 229 cm³/mol. The highest BCUT2D eigenvalue weighted by Gasteiger charge is 2.19. The van der Waals surface area contributed by atoms with Gasteiger partial charge < -0.3 is 14.2 Å². The van der Waals surface area contributed by atoms with Crippen LogP contribution in [0.4, 0.5) is 0 Å². The van der Waals surface area contributed by atoms with E-state index in [1.165, 1.54) is 109 Å². The largest absolute Gasteiger partial charge is 0.462 e. The maximum absolute atomic E-state index is 12.7. The van der Waals surface area contributed by atoms with E-state index in [0.29, 0.717) is 19.3 Å². The van der Waals surface area contributed by atoms with Crippen molar-refractivity contribution < 1.29 is 28.6 Å². The quantitative estimate of drug-likeness (QED) is 0.0203. The first-order valence-corrected chi connectivity index (χ1v) is 23.0. The summed E-state index contributed by atoms with van der Waals surface area (Å²) >= 11 is 0. The maximum atomic E-state index is 12.7. The van der Waals surface area contributed by atoms with E-state index < -0.39 is 6.10 Å². The fraction of sp³-hybridized carbons (Fsp3) is 0.812. The first-order chi connectivity index (χ1) is 26.5. The third-order valence-corrected chi connectivity index (χ3v) is 9.90. The van der Waals surface area contributed by atoms with E-state index >= 15 is 0 Å². The number of ether oxygens (including phenoxy) is 3. The molecule has 0 amide bonds. The lowest BCUT2D eigenvalue weighted by atomic mass is 10.1. The Bertz CT molecular complexity index is 922. The Balaban J connectivity index is 4.37. The number of unbranched alkanes of at least 4 members (excludes halogenated alkanes) is 25. The average Bonchev–Trinajstić information content (AvgIpc) is 3.17. The van der Waals surface area contributed by atoms with Crippen LogP contribution < -0.4 is 0 Å². The number of carbonyl (C=O) groups excluding carboxylic acids is 3. The smallest absolute Gasteiger partial charge is 0.306 e. The van der Waals surface area contributed by atoms with Crippen LogP contribution in [0.2, 0.25) is 0 Å². The number of hydrogen-bond acceptors (Lipinski definition) is 6. The lowest BCUT2D eigenvalue weighted by Gasteiger charge is -2.18. The highest BCUT2D eigenvalue weighted by atomic mass is 16.6. The van der Waals surface area contributed by atoms with E-state index in [-0.39, 0.29) is 31.1 Å². The van der Waals surface area contributed by atoms with Crippen LogP contribution in [0.15, 0.2) is 36.5 Å². The highest BCUT2D eigenvalue weighted by Crippen LogP contribution is 2.14. The molecule has 0 N–H and O–H groups in total. The van der Waals surface area contributed by atoms with Crippen molar-refractivity contribution >= 4 is 17.9 Å². The summed E-state index contributed by atoms with van der Waals surface area (Å²) in [6, 6.07) is 0. The number of rotatable bonds is 41. The summed E-state index contributed by atoms with van der Waals surface area (Å²) in [5.41, 5.74) is 0. The van der Waals surface area contributed by atoms with Gasteiger partial charge in [0, 0.05) is 19.3 Å². The molecule has 6 heteroatoms. The van der Waals surface area contributed by atoms with Gasteiger partial charge >= 0.3 is 17.9 Å². The van der Waals surface area contributed by atoms with Crippen LogP contribution in [0.25, 0.3) is 0 Å². The molecule has 0 heterocycles. The summed E-state index contributed by atoms with van der Waals surface area (Å²) in [4.78, 5) is 37.7. The summed E-state index contributed by atoms with van der Waals surface area (Å²) in [7, 11) is 0. The first-order valence-electron chi connectivity index (χ1n) is 23.0. The van der Waals surface area contributed by atoms with E-state index in [1.807, 2.05) is 0 Å². The molecule has 54 heavy (non-hydrogen) atoms. The van der Waals surface area contributed by atoms with Gasteiger partial charge in [-0.2, -0.15) is 0 Å². The van der Waals surface area contributed by atoms with Crippen LogP contribution in [0.3, 0.4) is 0 Å². The Labute approximate surface area is 334 Å². The van der Waals surface area contributed by atoms with Crippen molar-refractivity contribution in [2.75, 3.05) is 13.2 Å². The zero-order valence-corrected chi connectivity index (χ0v) is 35.7. The minimum Gasteiger partial charge on any atom is -0.462 e. The van der Waals surface area contributed by atoms with Crippen LogP contribution in [0.5, 0.6) is 0 Å². The Morgan fingerprint density at radius 2 is 0.685 bits per heavy atom. The monoisotopic (exact) mass is 759 g/mol. The van der Waals surface area contributed by atoms with E-state index in [1.54, 1.807) is 0 Å². The van der Waals surface area contributed by atoms with Gasteiger partial charge in [-0.3, -0.25) is 14.4 Å². The molecule has 0 aromatic heterocycles. The lowest BCUT2D eigenvalue weighted by molar-refractivity contribution is -0.167. The molecule has 0 bridgehead atoms. The van der Waals surface area contributed by atoms with E-state index in [9.17, 15) is 14.4 Å². The molecular weight excluding hydrogens is 673 g/mol. The average molecular weight is 759 g/mol. The van der Waals surface area contributed by atoms with Gasteiger partial charge in [-0.05, 0) is 64.2 Å². The van der Waals surface area contributed by atoms with Crippen LogP contribution in [-0.2, 0) is 28.6 Å². The van der Waals surface area contributed by atoms with E-state index in [4.69, 9.17) is 14.2 Å². The van der Waals surface area contributed by atoms with E-state index in [2.05, 4.69) is 57.2 Å². The van der Waals surface area contributed by atoms with Crippen LogP contribution in [0.1, 0.15) is 233 Å². The minimum absolute atomic E-state index is 0.0800. The topological polar surface area (TPSA) is 78.9 Å². The molecule has 0 spiro atoms. The van der Waals surface area contributed by atoms with Gasteiger partial charge in [-0.1, -0.05) is 186 Å². The highest BCUT2D eigenvalue weighted by molar-refractivity contribution is 5.71. The number of hydrogen-bond donors (Lipinski definition) is 0. The molecule has 0 saturated carbocycles. The molecule has 1 unspecified atom stereocenters. The second-order valence-corrected chi connectivity index (χ2v) is 15.3. The van der Waals surface area contributed by atoms with Crippen molar-refractivity contribution in [3.05, 3.63) is 36.5 Å². The predicted octanol–water partition coefficient (Wildman–Crippen LogP) is 14.6. The minimum atomic E-state index is -0.775. The van der Waals surface area contributed by atoms with Gasteiger partial charge in [-0.25, -0.2) is 0 Å². The van der Waals surface area contributed by atoms with Gasteiger partial charge in [0.2, 0.25) is 0 Å². The van der Waals surface area contributed by atoms with Gasteiger partial charge in [0.05, 0.1) is 0 Å². The third kappa shape index (κ3) is 40.8. The first kappa shape index (κ1) is 51.6. The molecule has 0 aromatic rings. The van der Waals surface area contributed by atoms with Gasteiger partial charge in [-0.15, -0.1) is 0 Å². The molecule has 0 radical (unpaired) electrons. The van der Waals surface area contributed by atoms with Gasteiger partial charge in [0.15, 0.2) is 6.10 Å². The fourth-order valence-corrected chi connectivity index (χ4v) is 6.35. The van der Waals surface area contributed by atoms with Crippen LogP contribution >= 0.6 is 0 Å². The summed E-state index contributed by atoms with van der Waals surface area (Å²) < 4.78 is 16.7. The Morgan fingerprint density at radius 1 is 0.370 bits per heavy atom. The van der Waals surface area contributed by atoms with Crippen molar-refractivity contribution in [3.63, 3.8) is 0 Å². The SMILES string of the molecule is CCCC/C=C\CCCCCCC(=O)OCC(COC(=O)CCCCCCCC/C=C\C=C/CCCCC)OC(=O)CCCCCCCCCCCCC. The molecule has 314 valence electrons. The normalized spacial score (nSPS) is 12.3. The molecule has 0 fully saturated rings. The number of esters is 3. The standard InChI is InChI=1S/C48H86O6/c1-4-7-10-13-16-19-22-23-24-25-27-29-32-35-38-41-47(50)53-44-45(43-52-46(49)40-37-34-31-28-21-18-15-12-9-6-3)54-48(51)42-39-36-33-30-26-20-17-14-11-8-5-2/h15-16,18-19,22-23,45H,4-14,17,20-21,24-44H2,1-3H3/b18-15-,19-16-,23-22-. The molecule has 0 aliphatic carbocycles. The van der Waals surface area contributed by atoms with Crippen LogP contribution in [-0.4, -0.2) is 37.2 Å². The summed E-state index contributed by atoms with van der Waals surface area (Å²) in [6.07, 6.45) is 48.4. The van der Waals surface area contributed by atoms with Gasteiger partial charge in [0.1, 0.15) is 13.2 Å². The fourth-order valence-electron chi connectivity index (χ4n) is 6.35. The van der Waals surface area contributed by atoms with Crippen molar-refractivity contribution in [1.29, 1.82) is 0 Å². The van der Waals surface area contributed by atoms with Crippen molar-refractivity contribution in [3.8, 4) is 0 Å². The molecule has 6 nitrogen and oxygen atoms in total. The van der Waals surface area contributed by atoms with Crippen molar-refractivity contribution in [2.24, 2.45) is 0 Å². The molecule has 0 aliphatic heterocycles. The Hall–Kier alpha value is -2.37. The van der Waals surface area contributed by atoms with Gasteiger partial charge in [0.25, 0.3) is 0 Å². The lowest BCUT2D eigenvalue weighted by Crippen LogP contribution is -2.30. The summed E-state index contributed by atoms with van der Waals surface area (Å²) in [5.74, 6) is -0.903. The summed E-state index contributed by atoms with van der Waals surface area (Å²) in [6.45, 7) is 6.53. The Morgan fingerprint density at radius 3 is 1.13 bits per heavy atom. The zero-order valence-electron chi connectivity index (χ0n) is 35.7. The molecule has 0 aromatic carbocycles. The second kappa shape index (κ2) is 43.4. The molecule has 1 atom stereocenters. The summed E-state index contributed by atoms with van der Waals surface area (Å²) in [5, 5.41) is 0. The van der Waals surface area contributed by atoms with E-state index in [0.717, 1.165) is 83.5 Å². The molecular formula is C48H86O6. The third-order valence-electron chi connectivity index (χ3n) is 9.90. The zero-order chi connectivity index (χ0) is 39.4. The van der Waals surface area contributed by atoms with Crippen molar-refractivity contribution in [2.45, 2.75) is 239 Å². The number of carbonyl (C=O) groups is 3. The maximum Gasteiger partial charge on any atom is 0.306 e. The molecule has 0 rings (SSSR count). The second-order valence-electron chi connectivity index (χ2n) is 15.3. The van der Waals surface area contributed by atoms with Crippen molar-refractivity contribution in [1.82, 2.24) is 0 Å². The molecule has 0 saturated heterocycles. The van der Waals surface area contributed by atoms with Crippen LogP contribution in [0, 0.1) is 0 Å². The number of allylic oxidation sites excluding steroid dienone is 6. The molecule has 0 aliphatic rings.